The standard InChI is InChI=1S/C22H19F3N4O/c23-22(24,25)14-4-6-15(7-5-14)29-11-17-18(12-29)20(17)28-21(30)27-19-3-1-2-13-10-26-9-8-16(13)19/h1-10,17-18,20H,11-12H2,(H2,27,28,30). The number of anilines is 2. The van der Waals surface area contributed by atoms with E-state index >= 15 is 0 Å². The van der Waals surface area contributed by atoms with Gasteiger partial charge in [-0.25, -0.2) is 4.79 Å². The SMILES string of the molecule is O=C(Nc1cccc2cnccc12)NC1C2CN(c3ccc(C(F)(F)F)cc3)CC21. The van der Waals surface area contributed by atoms with Crippen molar-refractivity contribution >= 4 is 28.2 Å². The zero-order chi connectivity index (χ0) is 20.9. The van der Waals surface area contributed by atoms with Crippen LogP contribution in [-0.4, -0.2) is 30.1 Å². The zero-order valence-corrected chi connectivity index (χ0v) is 15.9. The van der Waals surface area contributed by atoms with Crippen LogP contribution in [0.15, 0.2) is 60.9 Å². The first-order valence-corrected chi connectivity index (χ1v) is 9.72. The number of halogens is 3. The van der Waals surface area contributed by atoms with Gasteiger partial charge in [0.2, 0.25) is 0 Å². The number of rotatable bonds is 3. The van der Waals surface area contributed by atoms with Gasteiger partial charge in [0.15, 0.2) is 0 Å². The van der Waals surface area contributed by atoms with Crippen LogP contribution >= 0.6 is 0 Å². The highest BCUT2D eigenvalue weighted by atomic mass is 19.4. The average molecular weight is 412 g/mol. The Bertz CT molecular complexity index is 1080. The van der Waals surface area contributed by atoms with Crippen molar-refractivity contribution in [1.82, 2.24) is 10.3 Å². The summed E-state index contributed by atoms with van der Waals surface area (Å²) in [6, 6.07) is 12.6. The number of hydrogen-bond acceptors (Lipinski definition) is 3. The Kier molecular flexibility index (Phi) is 4.30. The third-order valence-electron chi connectivity index (χ3n) is 5.98. The molecule has 3 aromatic rings. The van der Waals surface area contributed by atoms with Crippen molar-refractivity contribution < 1.29 is 18.0 Å². The van der Waals surface area contributed by atoms with Gasteiger partial charge in [-0.2, -0.15) is 13.2 Å². The molecule has 2 aliphatic rings. The van der Waals surface area contributed by atoms with Crippen molar-refractivity contribution in [2.75, 3.05) is 23.3 Å². The minimum absolute atomic E-state index is 0.0901. The molecule has 1 aliphatic carbocycles. The van der Waals surface area contributed by atoms with Crippen molar-refractivity contribution in [3.05, 3.63) is 66.5 Å². The molecule has 8 heteroatoms. The number of fused-ring (bicyclic) bond motifs is 2. The van der Waals surface area contributed by atoms with Crippen molar-refractivity contribution in [3.8, 4) is 0 Å². The number of carbonyl (C=O) groups is 1. The highest BCUT2D eigenvalue weighted by Crippen LogP contribution is 2.47. The molecule has 154 valence electrons. The van der Waals surface area contributed by atoms with Crippen molar-refractivity contribution in [1.29, 1.82) is 0 Å². The van der Waals surface area contributed by atoms with Crippen LogP contribution in [0.1, 0.15) is 5.56 Å². The molecule has 2 atom stereocenters. The molecule has 2 fully saturated rings. The predicted molar refractivity (Wildman–Crippen MR) is 108 cm³/mol. The van der Waals surface area contributed by atoms with E-state index in [-0.39, 0.29) is 12.1 Å². The van der Waals surface area contributed by atoms with E-state index in [1.54, 1.807) is 12.4 Å². The second-order valence-electron chi connectivity index (χ2n) is 7.80. The van der Waals surface area contributed by atoms with Crippen LogP contribution in [0.2, 0.25) is 0 Å². The Morgan fingerprint density at radius 3 is 2.47 bits per heavy atom. The molecule has 2 heterocycles. The quantitative estimate of drug-likeness (QED) is 0.666. The van der Waals surface area contributed by atoms with Gasteiger partial charge in [-0.05, 0) is 36.4 Å². The maximum absolute atomic E-state index is 12.7. The number of hydrogen-bond donors (Lipinski definition) is 2. The normalized spacial score (nSPS) is 22.6. The van der Waals surface area contributed by atoms with Gasteiger partial charge in [-0.3, -0.25) is 4.98 Å². The highest BCUT2D eigenvalue weighted by molar-refractivity contribution is 6.01. The Morgan fingerprint density at radius 2 is 1.77 bits per heavy atom. The van der Waals surface area contributed by atoms with Gasteiger partial charge in [0.05, 0.1) is 11.3 Å². The van der Waals surface area contributed by atoms with Crippen LogP contribution < -0.4 is 15.5 Å². The van der Waals surface area contributed by atoms with Gasteiger partial charge >= 0.3 is 12.2 Å². The molecule has 1 saturated heterocycles. The van der Waals surface area contributed by atoms with Crippen molar-refractivity contribution in [2.45, 2.75) is 12.2 Å². The van der Waals surface area contributed by atoms with Crippen LogP contribution in [0.4, 0.5) is 29.3 Å². The monoisotopic (exact) mass is 412 g/mol. The fourth-order valence-electron chi connectivity index (χ4n) is 4.35. The number of aromatic nitrogens is 1. The Balaban J connectivity index is 1.17. The molecule has 1 aromatic heterocycles. The lowest BCUT2D eigenvalue weighted by Crippen LogP contribution is -2.37. The summed E-state index contributed by atoms with van der Waals surface area (Å²) in [5.74, 6) is 0.629. The zero-order valence-electron chi connectivity index (χ0n) is 15.9. The summed E-state index contributed by atoms with van der Waals surface area (Å²) in [6.45, 7) is 1.45. The smallest absolute Gasteiger partial charge is 0.371 e. The van der Waals surface area contributed by atoms with Crippen LogP contribution in [0.25, 0.3) is 10.8 Å². The minimum Gasteiger partial charge on any atom is -0.371 e. The number of amides is 2. The molecule has 30 heavy (non-hydrogen) atoms. The van der Waals surface area contributed by atoms with E-state index in [2.05, 4.69) is 20.5 Å². The van der Waals surface area contributed by atoms with Crippen LogP contribution in [0.5, 0.6) is 0 Å². The summed E-state index contributed by atoms with van der Waals surface area (Å²) < 4.78 is 38.2. The molecule has 1 aliphatic heterocycles. The maximum Gasteiger partial charge on any atom is 0.416 e. The summed E-state index contributed by atoms with van der Waals surface area (Å²) in [6.07, 6.45) is -0.888. The molecule has 2 aromatic carbocycles. The molecule has 1 saturated carbocycles. The van der Waals surface area contributed by atoms with Gasteiger partial charge in [0.25, 0.3) is 0 Å². The first kappa shape index (κ1) is 18.7. The topological polar surface area (TPSA) is 57.3 Å². The van der Waals surface area contributed by atoms with E-state index in [4.69, 9.17) is 0 Å². The van der Waals surface area contributed by atoms with Gasteiger partial charge < -0.3 is 15.5 Å². The first-order valence-electron chi connectivity index (χ1n) is 9.72. The molecular weight excluding hydrogens is 393 g/mol. The van der Waals surface area contributed by atoms with Crippen LogP contribution in [0.3, 0.4) is 0 Å². The molecule has 2 N–H and O–H groups in total. The fourth-order valence-corrected chi connectivity index (χ4v) is 4.35. The fraction of sp³-hybridized carbons (Fsp3) is 0.273. The number of pyridine rings is 1. The molecule has 5 nitrogen and oxygen atoms in total. The number of nitrogens with zero attached hydrogens (tertiary/aromatic N) is 2. The third-order valence-corrected chi connectivity index (χ3v) is 5.98. The summed E-state index contributed by atoms with van der Waals surface area (Å²) >= 11 is 0. The Hall–Kier alpha value is -3.29. The van der Waals surface area contributed by atoms with E-state index in [1.807, 2.05) is 24.3 Å². The molecule has 5 rings (SSSR count). The molecule has 2 amide bonds. The average Bonchev–Trinajstić information content (AvgIpc) is 3.16. The Labute approximate surface area is 170 Å². The number of urea groups is 1. The van der Waals surface area contributed by atoms with Gasteiger partial charge in [-0.1, -0.05) is 12.1 Å². The summed E-state index contributed by atoms with van der Waals surface area (Å²) in [7, 11) is 0. The van der Waals surface area contributed by atoms with Gasteiger partial charge in [-0.15, -0.1) is 0 Å². The molecule has 0 spiro atoms. The number of benzene rings is 2. The second kappa shape index (κ2) is 6.90. The highest BCUT2D eigenvalue weighted by Gasteiger charge is 2.56. The Morgan fingerprint density at radius 1 is 1.03 bits per heavy atom. The second-order valence-corrected chi connectivity index (χ2v) is 7.80. The molecular formula is C22H19F3N4O. The number of carbonyl (C=O) groups excluding carboxylic acids is 1. The molecule has 2 unspecified atom stereocenters. The number of piperidine rings is 1. The van der Waals surface area contributed by atoms with E-state index in [0.717, 1.165) is 47.4 Å². The van der Waals surface area contributed by atoms with E-state index < -0.39 is 11.7 Å². The largest absolute Gasteiger partial charge is 0.416 e. The predicted octanol–water partition coefficient (Wildman–Crippen LogP) is 4.51. The third kappa shape index (κ3) is 3.42. The number of alkyl halides is 3. The minimum atomic E-state index is -4.32. The lowest BCUT2D eigenvalue weighted by molar-refractivity contribution is -0.137. The van der Waals surface area contributed by atoms with E-state index in [9.17, 15) is 18.0 Å². The van der Waals surface area contributed by atoms with Crippen molar-refractivity contribution in [3.63, 3.8) is 0 Å². The number of nitrogens with one attached hydrogen (secondary N) is 2. The summed E-state index contributed by atoms with van der Waals surface area (Å²) in [5, 5.41) is 7.81. The van der Waals surface area contributed by atoms with E-state index in [1.165, 1.54) is 12.1 Å². The van der Waals surface area contributed by atoms with Crippen molar-refractivity contribution in [2.24, 2.45) is 11.8 Å². The van der Waals surface area contributed by atoms with E-state index in [0.29, 0.717) is 11.8 Å². The van der Waals surface area contributed by atoms with Crippen LogP contribution in [0, 0.1) is 11.8 Å². The van der Waals surface area contributed by atoms with Gasteiger partial charge in [0.1, 0.15) is 0 Å². The summed E-state index contributed by atoms with van der Waals surface area (Å²) in [5.41, 5.74) is 0.864. The van der Waals surface area contributed by atoms with Gasteiger partial charge in [0, 0.05) is 59.8 Å². The maximum atomic E-state index is 12.7. The summed E-state index contributed by atoms with van der Waals surface area (Å²) in [4.78, 5) is 18.6. The first-order chi connectivity index (χ1) is 14.4. The lowest BCUT2D eigenvalue weighted by Gasteiger charge is -2.23. The molecule has 0 bridgehead atoms. The molecule has 0 radical (unpaired) electrons. The lowest BCUT2D eigenvalue weighted by atomic mass is 10.1. The van der Waals surface area contributed by atoms with Crippen LogP contribution in [-0.2, 0) is 6.18 Å².